The average molecular weight is 285 g/mol. The normalized spacial score (nSPS) is 18.8. The molecule has 3 rings (SSSR count). The van der Waals surface area contributed by atoms with E-state index < -0.39 is 0 Å². The van der Waals surface area contributed by atoms with Gasteiger partial charge in [0.2, 0.25) is 0 Å². The van der Waals surface area contributed by atoms with Gasteiger partial charge in [-0.2, -0.15) is 0 Å². The average Bonchev–Trinajstić information content (AvgIpc) is 2.98. The lowest BCUT2D eigenvalue weighted by molar-refractivity contribution is 0.0649. The van der Waals surface area contributed by atoms with Crippen molar-refractivity contribution >= 4 is 5.91 Å². The minimum Gasteiger partial charge on any atom is -0.332 e. The second kappa shape index (κ2) is 5.65. The van der Waals surface area contributed by atoms with Crippen molar-refractivity contribution in [3.63, 3.8) is 0 Å². The largest absolute Gasteiger partial charge is 0.332 e. The van der Waals surface area contributed by atoms with E-state index in [0.29, 0.717) is 12.2 Å². The summed E-state index contributed by atoms with van der Waals surface area (Å²) in [5, 5.41) is 11.4. The van der Waals surface area contributed by atoms with Crippen LogP contribution in [0.25, 0.3) is 5.69 Å². The predicted octanol–water partition coefficient (Wildman–Crippen LogP) is 1.01. The quantitative estimate of drug-likeness (QED) is 0.894. The van der Waals surface area contributed by atoms with Crippen LogP contribution in [0.1, 0.15) is 23.0 Å². The van der Waals surface area contributed by atoms with E-state index in [-0.39, 0.29) is 11.9 Å². The highest BCUT2D eigenvalue weighted by molar-refractivity contribution is 5.92. The van der Waals surface area contributed by atoms with Gasteiger partial charge in [0.25, 0.3) is 5.91 Å². The Morgan fingerprint density at radius 2 is 2.10 bits per heavy atom. The second-order valence-electron chi connectivity index (χ2n) is 5.44. The van der Waals surface area contributed by atoms with Crippen molar-refractivity contribution in [1.29, 1.82) is 0 Å². The van der Waals surface area contributed by atoms with Crippen molar-refractivity contribution in [1.82, 2.24) is 25.2 Å². The first-order chi connectivity index (χ1) is 10.1. The van der Waals surface area contributed by atoms with Gasteiger partial charge in [-0.1, -0.05) is 22.9 Å². The number of rotatable bonds is 2. The molecule has 0 bridgehead atoms. The van der Waals surface area contributed by atoms with Crippen LogP contribution in [0.2, 0.25) is 0 Å². The molecule has 1 aromatic heterocycles. The molecule has 2 heterocycles. The smallest absolute Gasteiger partial charge is 0.276 e. The van der Waals surface area contributed by atoms with Crippen molar-refractivity contribution in [2.45, 2.75) is 19.9 Å². The molecule has 1 amide bonds. The molecule has 0 spiro atoms. The van der Waals surface area contributed by atoms with E-state index in [1.807, 2.05) is 43.0 Å². The summed E-state index contributed by atoms with van der Waals surface area (Å²) in [7, 11) is 0. The Bertz CT molecular complexity index is 634. The first kappa shape index (κ1) is 13.8. The van der Waals surface area contributed by atoms with Gasteiger partial charge >= 0.3 is 0 Å². The van der Waals surface area contributed by atoms with Crippen LogP contribution in [0.15, 0.2) is 30.5 Å². The van der Waals surface area contributed by atoms with E-state index >= 15 is 0 Å². The maximum Gasteiger partial charge on any atom is 0.276 e. The van der Waals surface area contributed by atoms with Crippen LogP contribution in [0, 0.1) is 6.92 Å². The van der Waals surface area contributed by atoms with Gasteiger partial charge in [-0.3, -0.25) is 4.79 Å². The monoisotopic (exact) mass is 285 g/mol. The zero-order chi connectivity index (χ0) is 14.8. The lowest BCUT2D eigenvalue weighted by Gasteiger charge is -2.33. The molecule has 1 aliphatic rings. The fourth-order valence-corrected chi connectivity index (χ4v) is 2.48. The minimum absolute atomic E-state index is 0.0534. The lowest BCUT2D eigenvalue weighted by atomic mass is 10.2. The Morgan fingerprint density at radius 1 is 1.33 bits per heavy atom. The highest BCUT2D eigenvalue weighted by Gasteiger charge is 2.26. The molecule has 1 saturated heterocycles. The highest BCUT2D eigenvalue weighted by Crippen LogP contribution is 2.11. The van der Waals surface area contributed by atoms with E-state index in [0.717, 1.165) is 18.8 Å². The zero-order valence-electron chi connectivity index (χ0n) is 12.3. The van der Waals surface area contributed by atoms with Gasteiger partial charge in [-0.15, -0.1) is 5.10 Å². The Hall–Kier alpha value is -2.21. The molecule has 21 heavy (non-hydrogen) atoms. The van der Waals surface area contributed by atoms with Crippen molar-refractivity contribution < 1.29 is 4.79 Å². The molecule has 1 atom stereocenters. The molecule has 1 N–H and O–H groups in total. The van der Waals surface area contributed by atoms with Gasteiger partial charge in [0.1, 0.15) is 0 Å². The summed E-state index contributed by atoms with van der Waals surface area (Å²) in [5.74, 6) is -0.0534. The van der Waals surface area contributed by atoms with Crippen molar-refractivity contribution in [3.05, 3.63) is 41.7 Å². The Morgan fingerprint density at radius 3 is 2.81 bits per heavy atom. The van der Waals surface area contributed by atoms with Crippen LogP contribution in [-0.2, 0) is 0 Å². The molecular formula is C15H19N5O. The SMILES string of the molecule is Cc1ccc(-n2cc(C(=O)N3CCNC[C@H]3C)nn2)cc1. The molecule has 2 aromatic rings. The predicted molar refractivity (Wildman–Crippen MR) is 79.5 cm³/mol. The summed E-state index contributed by atoms with van der Waals surface area (Å²) >= 11 is 0. The maximum absolute atomic E-state index is 12.5. The van der Waals surface area contributed by atoms with Crippen molar-refractivity contribution in [2.75, 3.05) is 19.6 Å². The molecule has 1 aliphatic heterocycles. The molecule has 0 unspecified atom stereocenters. The summed E-state index contributed by atoms with van der Waals surface area (Å²) < 4.78 is 1.64. The number of piperazine rings is 1. The number of carbonyl (C=O) groups is 1. The Balaban J connectivity index is 1.81. The Kier molecular flexibility index (Phi) is 3.70. The van der Waals surface area contributed by atoms with Crippen molar-refractivity contribution in [2.24, 2.45) is 0 Å². The second-order valence-corrected chi connectivity index (χ2v) is 5.44. The highest BCUT2D eigenvalue weighted by atomic mass is 16.2. The number of amides is 1. The van der Waals surface area contributed by atoms with Crippen LogP contribution < -0.4 is 5.32 Å². The summed E-state index contributed by atoms with van der Waals surface area (Å²) in [6.07, 6.45) is 1.70. The number of aromatic nitrogens is 3. The summed E-state index contributed by atoms with van der Waals surface area (Å²) in [4.78, 5) is 14.3. The number of carbonyl (C=O) groups excluding carboxylic acids is 1. The standard InChI is InChI=1S/C15H19N5O/c1-11-3-5-13(6-4-11)20-10-14(17-18-20)15(21)19-8-7-16-9-12(19)2/h3-6,10,12,16H,7-9H2,1-2H3/t12-/m1/s1. The third kappa shape index (κ3) is 2.80. The number of aryl methyl sites for hydroxylation is 1. The third-order valence-electron chi connectivity index (χ3n) is 3.77. The van der Waals surface area contributed by atoms with Gasteiger partial charge < -0.3 is 10.2 Å². The lowest BCUT2D eigenvalue weighted by Crippen LogP contribution is -2.52. The van der Waals surface area contributed by atoms with Gasteiger partial charge in [-0.25, -0.2) is 4.68 Å². The molecular weight excluding hydrogens is 266 g/mol. The number of nitrogens with zero attached hydrogens (tertiary/aromatic N) is 4. The van der Waals surface area contributed by atoms with Gasteiger partial charge in [0.15, 0.2) is 5.69 Å². The van der Waals surface area contributed by atoms with Gasteiger partial charge in [-0.05, 0) is 26.0 Å². The summed E-state index contributed by atoms with van der Waals surface area (Å²) in [6, 6.07) is 8.13. The summed E-state index contributed by atoms with van der Waals surface area (Å²) in [6.45, 7) is 6.41. The number of hydrogen-bond donors (Lipinski definition) is 1. The molecule has 1 fully saturated rings. The number of hydrogen-bond acceptors (Lipinski definition) is 4. The van der Waals surface area contributed by atoms with Crippen molar-refractivity contribution in [3.8, 4) is 5.69 Å². The van der Waals surface area contributed by atoms with E-state index in [1.54, 1.807) is 10.9 Å². The Labute approximate surface area is 123 Å². The van der Waals surface area contributed by atoms with Crippen LogP contribution in [-0.4, -0.2) is 51.5 Å². The van der Waals surface area contributed by atoms with E-state index in [9.17, 15) is 4.79 Å². The molecule has 0 radical (unpaired) electrons. The fourth-order valence-electron chi connectivity index (χ4n) is 2.48. The topological polar surface area (TPSA) is 63.1 Å². The first-order valence-electron chi connectivity index (χ1n) is 7.16. The molecule has 0 aliphatic carbocycles. The van der Waals surface area contributed by atoms with Gasteiger partial charge in [0.05, 0.1) is 11.9 Å². The number of nitrogens with one attached hydrogen (secondary N) is 1. The van der Waals surface area contributed by atoms with E-state index in [2.05, 4.69) is 15.6 Å². The minimum atomic E-state index is -0.0534. The summed E-state index contributed by atoms with van der Waals surface area (Å²) in [5.41, 5.74) is 2.48. The van der Waals surface area contributed by atoms with Crippen LogP contribution >= 0.6 is 0 Å². The van der Waals surface area contributed by atoms with E-state index in [4.69, 9.17) is 0 Å². The van der Waals surface area contributed by atoms with Crippen LogP contribution in [0.4, 0.5) is 0 Å². The van der Waals surface area contributed by atoms with Gasteiger partial charge in [0, 0.05) is 25.7 Å². The molecule has 6 heteroatoms. The first-order valence-corrected chi connectivity index (χ1v) is 7.16. The molecule has 6 nitrogen and oxygen atoms in total. The molecule has 0 saturated carbocycles. The third-order valence-corrected chi connectivity index (χ3v) is 3.77. The fraction of sp³-hybridized carbons (Fsp3) is 0.400. The molecule has 1 aromatic carbocycles. The van der Waals surface area contributed by atoms with E-state index in [1.165, 1.54) is 5.56 Å². The molecule has 110 valence electrons. The maximum atomic E-state index is 12.5. The number of benzene rings is 1. The van der Waals surface area contributed by atoms with Crippen LogP contribution in [0.5, 0.6) is 0 Å². The zero-order valence-corrected chi connectivity index (χ0v) is 12.3. The van der Waals surface area contributed by atoms with Crippen LogP contribution in [0.3, 0.4) is 0 Å².